The number of rotatable bonds is 12. The molecular formula is C22H25F3N4O6. The SMILES string of the molecule is CC(OCCN(C=O)C1=CCC=C(F)C(OC(F)F)=C1)C(O)C(=O)Nc1ccc(C(=N)N)c(O)c1. The highest BCUT2D eigenvalue weighted by molar-refractivity contribution is 5.99. The third-order valence-corrected chi connectivity index (χ3v) is 4.80. The van der Waals surface area contributed by atoms with Crippen molar-refractivity contribution in [2.24, 2.45) is 5.73 Å². The minimum Gasteiger partial charge on any atom is -0.507 e. The summed E-state index contributed by atoms with van der Waals surface area (Å²) in [5.41, 5.74) is 5.63. The van der Waals surface area contributed by atoms with Crippen molar-refractivity contribution in [3.8, 4) is 5.75 Å². The van der Waals surface area contributed by atoms with Gasteiger partial charge in [0.1, 0.15) is 11.6 Å². The van der Waals surface area contributed by atoms with Crippen LogP contribution in [0.4, 0.5) is 18.9 Å². The lowest BCUT2D eigenvalue weighted by molar-refractivity contribution is -0.132. The number of amidine groups is 1. The molecule has 0 saturated heterocycles. The number of aliphatic hydroxyl groups excluding tert-OH is 1. The normalized spacial score (nSPS) is 15.2. The third kappa shape index (κ3) is 7.86. The molecule has 35 heavy (non-hydrogen) atoms. The lowest BCUT2D eigenvalue weighted by Crippen LogP contribution is -2.39. The minimum absolute atomic E-state index is 0.0250. The number of hydrogen-bond donors (Lipinski definition) is 5. The zero-order valence-corrected chi connectivity index (χ0v) is 18.6. The van der Waals surface area contributed by atoms with Crippen LogP contribution in [-0.4, -0.2) is 65.2 Å². The third-order valence-electron chi connectivity index (χ3n) is 4.80. The van der Waals surface area contributed by atoms with Gasteiger partial charge in [-0.05, 0) is 31.6 Å². The Morgan fingerprint density at radius 1 is 1.37 bits per heavy atom. The van der Waals surface area contributed by atoms with Crippen LogP contribution in [0.25, 0.3) is 0 Å². The first kappa shape index (κ1) is 27.4. The van der Waals surface area contributed by atoms with Crippen molar-refractivity contribution in [1.82, 2.24) is 4.90 Å². The average Bonchev–Trinajstić information content (AvgIpc) is 2.96. The molecule has 1 aromatic rings. The van der Waals surface area contributed by atoms with Crippen molar-refractivity contribution < 1.29 is 42.4 Å². The first-order valence-electron chi connectivity index (χ1n) is 10.3. The molecule has 0 aliphatic heterocycles. The minimum atomic E-state index is -3.25. The van der Waals surface area contributed by atoms with Crippen molar-refractivity contribution in [3.63, 3.8) is 0 Å². The second kappa shape index (κ2) is 12.6. The molecule has 0 aromatic heterocycles. The van der Waals surface area contributed by atoms with Gasteiger partial charge in [-0.2, -0.15) is 8.78 Å². The van der Waals surface area contributed by atoms with E-state index in [4.69, 9.17) is 15.9 Å². The van der Waals surface area contributed by atoms with Crippen molar-refractivity contribution in [2.45, 2.75) is 32.2 Å². The van der Waals surface area contributed by atoms with Gasteiger partial charge in [0, 0.05) is 30.1 Å². The molecule has 0 bridgehead atoms. The van der Waals surface area contributed by atoms with Gasteiger partial charge in [0.15, 0.2) is 17.7 Å². The van der Waals surface area contributed by atoms with Crippen molar-refractivity contribution in [3.05, 3.63) is 59.3 Å². The van der Waals surface area contributed by atoms with E-state index in [2.05, 4.69) is 10.1 Å². The number of carbonyl (C=O) groups excluding carboxylic acids is 2. The molecule has 0 spiro atoms. The van der Waals surface area contributed by atoms with Gasteiger partial charge in [-0.1, -0.05) is 6.08 Å². The number of allylic oxidation sites excluding steroid dienone is 4. The van der Waals surface area contributed by atoms with Gasteiger partial charge in [0.2, 0.25) is 6.41 Å². The number of aromatic hydroxyl groups is 1. The fraction of sp³-hybridized carbons (Fsp3) is 0.318. The Kier molecular flexibility index (Phi) is 9.85. The van der Waals surface area contributed by atoms with Crippen LogP contribution in [0, 0.1) is 5.41 Å². The predicted molar refractivity (Wildman–Crippen MR) is 119 cm³/mol. The fourth-order valence-corrected chi connectivity index (χ4v) is 2.97. The summed E-state index contributed by atoms with van der Waals surface area (Å²) in [7, 11) is 0. The van der Waals surface area contributed by atoms with Crippen LogP contribution in [0.3, 0.4) is 0 Å². The predicted octanol–water partition coefficient (Wildman–Crippen LogP) is 2.10. The number of nitrogens with zero attached hydrogens (tertiary/aromatic N) is 1. The lowest BCUT2D eigenvalue weighted by atomic mass is 10.1. The zero-order chi connectivity index (χ0) is 26.1. The van der Waals surface area contributed by atoms with E-state index in [1.54, 1.807) is 0 Å². The number of amides is 2. The summed E-state index contributed by atoms with van der Waals surface area (Å²) in [5.74, 6) is -3.25. The van der Waals surface area contributed by atoms with Gasteiger partial charge in [-0.15, -0.1) is 0 Å². The summed E-state index contributed by atoms with van der Waals surface area (Å²) in [4.78, 5) is 24.8. The number of nitrogens with one attached hydrogen (secondary N) is 2. The van der Waals surface area contributed by atoms with Gasteiger partial charge < -0.3 is 35.6 Å². The Labute approximate surface area is 198 Å². The summed E-state index contributed by atoms with van der Waals surface area (Å²) in [6.07, 6.45) is 1.16. The first-order valence-corrected chi connectivity index (χ1v) is 10.3. The molecule has 0 fully saturated rings. The number of carbonyl (C=O) groups is 2. The molecule has 1 aliphatic rings. The molecule has 13 heteroatoms. The van der Waals surface area contributed by atoms with Crippen molar-refractivity contribution >= 4 is 23.8 Å². The van der Waals surface area contributed by atoms with Crippen LogP contribution < -0.4 is 11.1 Å². The van der Waals surface area contributed by atoms with Crippen LogP contribution in [0.2, 0.25) is 0 Å². The van der Waals surface area contributed by atoms with Gasteiger partial charge in [0.05, 0.1) is 18.3 Å². The lowest BCUT2D eigenvalue weighted by Gasteiger charge is -2.22. The standard InChI is InChI=1S/C22H25F3N4O6/c1-12(19(32)21(33)28-13-5-6-15(20(26)27)17(31)9-13)34-8-7-29(11-30)14-3-2-4-16(23)18(10-14)35-22(24)25/h3-6,9-12,19,22,31-32H,2,7-8H2,1H3,(H3,26,27)(H,28,33). The molecule has 2 unspecified atom stereocenters. The zero-order valence-electron chi connectivity index (χ0n) is 18.6. The van der Waals surface area contributed by atoms with Crippen LogP contribution in [0.5, 0.6) is 5.75 Å². The second-order valence-electron chi connectivity index (χ2n) is 7.26. The Hall–Kier alpha value is -3.84. The number of aliphatic hydroxyl groups is 1. The maximum absolute atomic E-state index is 13.8. The van der Waals surface area contributed by atoms with Crippen LogP contribution in [0.15, 0.2) is 53.7 Å². The summed E-state index contributed by atoms with van der Waals surface area (Å²) in [6, 6.07) is 3.86. The molecule has 2 amide bonds. The van der Waals surface area contributed by atoms with Crippen LogP contribution in [-0.2, 0) is 19.1 Å². The highest BCUT2D eigenvalue weighted by Gasteiger charge is 2.24. The number of ether oxygens (including phenoxy) is 2. The van der Waals surface area contributed by atoms with E-state index in [1.165, 1.54) is 25.1 Å². The van der Waals surface area contributed by atoms with E-state index >= 15 is 0 Å². The molecule has 10 nitrogen and oxygen atoms in total. The van der Waals surface area contributed by atoms with E-state index in [1.807, 2.05) is 0 Å². The number of nitrogens with two attached hydrogens (primary N) is 1. The molecule has 0 saturated carbocycles. The summed E-state index contributed by atoms with van der Waals surface area (Å²) in [5, 5.41) is 29.8. The quantitative estimate of drug-likeness (QED) is 0.168. The Bertz CT molecular complexity index is 1040. The number of hydrogen-bond acceptors (Lipinski definition) is 7. The van der Waals surface area contributed by atoms with Gasteiger partial charge in [0.25, 0.3) is 5.91 Å². The molecule has 1 aliphatic carbocycles. The Morgan fingerprint density at radius 3 is 2.69 bits per heavy atom. The van der Waals surface area contributed by atoms with Gasteiger partial charge in [-0.3, -0.25) is 15.0 Å². The molecule has 1 aromatic carbocycles. The van der Waals surface area contributed by atoms with Crippen LogP contribution in [0.1, 0.15) is 18.9 Å². The van der Waals surface area contributed by atoms with Crippen molar-refractivity contribution in [2.75, 3.05) is 18.5 Å². The van der Waals surface area contributed by atoms with E-state index in [9.17, 15) is 33.0 Å². The number of phenolic OH excluding ortho intramolecular Hbond substituents is 1. The second-order valence-corrected chi connectivity index (χ2v) is 7.26. The number of anilines is 1. The van der Waals surface area contributed by atoms with Crippen LogP contribution >= 0.6 is 0 Å². The summed E-state index contributed by atoms with van der Waals surface area (Å²) >= 11 is 0. The molecule has 0 heterocycles. The molecule has 2 atom stereocenters. The summed E-state index contributed by atoms with van der Waals surface area (Å²) in [6.45, 7) is -2.11. The average molecular weight is 498 g/mol. The first-order chi connectivity index (χ1) is 16.5. The number of nitrogen functional groups attached to an aromatic ring is 1. The number of benzene rings is 1. The monoisotopic (exact) mass is 498 g/mol. The molecule has 0 radical (unpaired) electrons. The smallest absolute Gasteiger partial charge is 0.387 e. The van der Waals surface area contributed by atoms with Gasteiger partial charge >= 0.3 is 6.61 Å². The van der Waals surface area contributed by atoms with E-state index in [0.29, 0.717) is 6.41 Å². The number of halogens is 3. The van der Waals surface area contributed by atoms with Crippen molar-refractivity contribution in [1.29, 1.82) is 5.41 Å². The fourth-order valence-electron chi connectivity index (χ4n) is 2.97. The van der Waals surface area contributed by atoms with Gasteiger partial charge in [-0.25, -0.2) is 4.39 Å². The molecular weight excluding hydrogens is 473 g/mol. The molecule has 6 N–H and O–H groups in total. The highest BCUT2D eigenvalue weighted by atomic mass is 19.3. The maximum Gasteiger partial charge on any atom is 0.387 e. The number of phenols is 1. The van der Waals surface area contributed by atoms with E-state index < -0.39 is 36.3 Å². The molecule has 190 valence electrons. The highest BCUT2D eigenvalue weighted by Crippen LogP contribution is 2.24. The number of alkyl halides is 2. The Balaban J connectivity index is 1.93. The largest absolute Gasteiger partial charge is 0.507 e. The summed E-state index contributed by atoms with van der Waals surface area (Å²) < 4.78 is 48.4. The maximum atomic E-state index is 13.8. The van der Waals surface area contributed by atoms with E-state index in [-0.39, 0.29) is 48.1 Å². The van der Waals surface area contributed by atoms with E-state index in [0.717, 1.165) is 23.1 Å². The Morgan fingerprint density at radius 2 is 2.09 bits per heavy atom. The topological polar surface area (TPSA) is 158 Å². The molecule has 2 rings (SSSR count).